The van der Waals surface area contributed by atoms with Crippen LogP contribution in [0, 0.1) is 0 Å². The van der Waals surface area contributed by atoms with Crippen LogP contribution in [-0.2, 0) is 0 Å². The number of aromatic nitrogens is 2. The standard InChI is InChI=1S/C20H21ClN4O/c1-15(16-7-9-17(21)10-8-16)25(20-23-12-11-19(22)24-20)13-14-26-18-5-3-2-4-6-18/h2-12,15H,13-14H2,1H3,(H2,22,23,24). The molecule has 0 saturated heterocycles. The number of ether oxygens (including phenoxy) is 1. The lowest BCUT2D eigenvalue weighted by atomic mass is 10.1. The molecule has 2 N–H and O–H groups in total. The molecule has 0 aliphatic heterocycles. The minimum absolute atomic E-state index is 0.0356. The van der Waals surface area contributed by atoms with Crippen LogP contribution in [0.4, 0.5) is 11.8 Å². The Hall–Kier alpha value is -2.79. The van der Waals surface area contributed by atoms with Gasteiger partial charge in [0.05, 0.1) is 12.6 Å². The van der Waals surface area contributed by atoms with E-state index < -0.39 is 0 Å². The van der Waals surface area contributed by atoms with Crippen molar-refractivity contribution in [2.24, 2.45) is 0 Å². The largest absolute Gasteiger partial charge is 0.492 e. The summed E-state index contributed by atoms with van der Waals surface area (Å²) in [6.45, 7) is 3.21. The Kier molecular flexibility index (Phi) is 5.92. The number of benzene rings is 2. The van der Waals surface area contributed by atoms with Crippen LogP contribution in [0.1, 0.15) is 18.5 Å². The second-order valence-corrected chi connectivity index (χ2v) is 6.30. The first-order valence-corrected chi connectivity index (χ1v) is 8.80. The van der Waals surface area contributed by atoms with Crippen molar-refractivity contribution in [3.8, 4) is 5.75 Å². The molecule has 3 aromatic rings. The van der Waals surface area contributed by atoms with Crippen LogP contribution >= 0.6 is 11.6 Å². The molecule has 6 heteroatoms. The number of halogens is 1. The molecule has 0 spiro atoms. The molecule has 0 fully saturated rings. The summed E-state index contributed by atoms with van der Waals surface area (Å²) in [7, 11) is 0. The van der Waals surface area contributed by atoms with Gasteiger partial charge in [0.25, 0.3) is 0 Å². The highest BCUT2D eigenvalue weighted by Crippen LogP contribution is 2.25. The number of hydrogen-bond acceptors (Lipinski definition) is 5. The molecule has 1 atom stereocenters. The van der Waals surface area contributed by atoms with Gasteiger partial charge < -0.3 is 15.4 Å². The molecule has 0 amide bonds. The lowest BCUT2D eigenvalue weighted by Crippen LogP contribution is -2.32. The molecule has 1 heterocycles. The zero-order chi connectivity index (χ0) is 18.4. The van der Waals surface area contributed by atoms with Gasteiger partial charge in [-0.05, 0) is 42.8 Å². The predicted molar refractivity (Wildman–Crippen MR) is 106 cm³/mol. The van der Waals surface area contributed by atoms with E-state index in [-0.39, 0.29) is 6.04 Å². The summed E-state index contributed by atoms with van der Waals surface area (Å²) in [5.41, 5.74) is 6.96. The van der Waals surface area contributed by atoms with E-state index in [1.807, 2.05) is 54.6 Å². The summed E-state index contributed by atoms with van der Waals surface area (Å²) < 4.78 is 5.84. The predicted octanol–water partition coefficient (Wildman–Crippen LogP) is 4.36. The smallest absolute Gasteiger partial charge is 0.227 e. The average Bonchev–Trinajstić information content (AvgIpc) is 2.66. The van der Waals surface area contributed by atoms with Gasteiger partial charge >= 0.3 is 0 Å². The highest BCUT2D eigenvalue weighted by atomic mass is 35.5. The number of nitrogen functional groups attached to an aromatic ring is 1. The Morgan fingerprint density at radius 3 is 2.50 bits per heavy atom. The van der Waals surface area contributed by atoms with Crippen LogP contribution in [0.15, 0.2) is 66.9 Å². The first-order valence-electron chi connectivity index (χ1n) is 8.42. The van der Waals surface area contributed by atoms with Crippen molar-refractivity contribution in [3.63, 3.8) is 0 Å². The van der Waals surface area contributed by atoms with Crippen molar-refractivity contribution in [1.82, 2.24) is 9.97 Å². The molecule has 2 aromatic carbocycles. The molecule has 3 rings (SSSR count). The molecule has 5 nitrogen and oxygen atoms in total. The van der Waals surface area contributed by atoms with Crippen molar-refractivity contribution in [2.75, 3.05) is 23.8 Å². The molecule has 26 heavy (non-hydrogen) atoms. The third-order valence-corrected chi connectivity index (χ3v) is 4.34. The molecule has 134 valence electrons. The first kappa shape index (κ1) is 18.0. The Morgan fingerprint density at radius 1 is 1.08 bits per heavy atom. The molecular formula is C20H21ClN4O. The maximum absolute atomic E-state index is 6.01. The molecule has 1 aromatic heterocycles. The van der Waals surface area contributed by atoms with E-state index >= 15 is 0 Å². The van der Waals surface area contributed by atoms with E-state index in [9.17, 15) is 0 Å². The molecule has 0 saturated carbocycles. The summed E-state index contributed by atoms with van der Waals surface area (Å²) in [6.07, 6.45) is 1.66. The minimum Gasteiger partial charge on any atom is -0.492 e. The van der Waals surface area contributed by atoms with E-state index in [2.05, 4.69) is 21.8 Å². The van der Waals surface area contributed by atoms with Crippen molar-refractivity contribution in [3.05, 3.63) is 77.4 Å². The van der Waals surface area contributed by atoms with Crippen molar-refractivity contribution < 1.29 is 4.74 Å². The highest BCUT2D eigenvalue weighted by Gasteiger charge is 2.19. The molecule has 0 aliphatic carbocycles. The molecule has 0 bridgehead atoms. The van der Waals surface area contributed by atoms with Crippen LogP contribution in [0.5, 0.6) is 5.75 Å². The molecule has 0 radical (unpaired) electrons. The average molecular weight is 369 g/mol. The van der Waals surface area contributed by atoms with Crippen molar-refractivity contribution in [2.45, 2.75) is 13.0 Å². The third-order valence-electron chi connectivity index (χ3n) is 4.09. The molecule has 0 aliphatic rings. The van der Waals surface area contributed by atoms with E-state index in [0.29, 0.717) is 29.9 Å². The van der Waals surface area contributed by atoms with Crippen LogP contribution in [-0.4, -0.2) is 23.1 Å². The number of rotatable bonds is 7. The summed E-state index contributed by atoms with van der Waals surface area (Å²) in [5.74, 6) is 1.84. The second kappa shape index (κ2) is 8.54. The maximum atomic E-state index is 6.01. The summed E-state index contributed by atoms with van der Waals surface area (Å²) in [6, 6.07) is 19.2. The second-order valence-electron chi connectivity index (χ2n) is 5.86. The number of anilines is 2. The number of hydrogen-bond donors (Lipinski definition) is 1. The van der Waals surface area contributed by atoms with Crippen LogP contribution < -0.4 is 15.4 Å². The van der Waals surface area contributed by atoms with Gasteiger partial charge in [-0.3, -0.25) is 0 Å². The van der Waals surface area contributed by atoms with Crippen LogP contribution in [0.25, 0.3) is 0 Å². The monoisotopic (exact) mass is 368 g/mol. The number of nitrogens with two attached hydrogens (primary N) is 1. The number of para-hydroxylation sites is 1. The molecule has 1 unspecified atom stereocenters. The summed E-state index contributed by atoms with van der Waals surface area (Å²) in [4.78, 5) is 10.8. The Bertz CT molecular complexity index is 827. The topological polar surface area (TPSA) is 64.3 Å². The van der Waals surface area contributed by atoms with Crippen molar-refractivity contribution in [1.29, 1.82) is 0 Å². The summed E-state index contributed by atoms with van der Waals surface area (Å²) >= 11 is 6.01. The van der Waals surface area contributed by atoms with E-state index in [4.69, 9.17) is 22.1 Å². The van der Waals surface area contributed by atoms with E-state index in [1.54, 1.807) is 12.3 Å². The van der Waals surface area contributed by atoms with Gasteiger partial charge in [0.15, 0.2) is 0 Å². The van der Waals surface area contributed by atoms with E-state index in [0.717, 1.165) is 11.3 Å². The molecular weight excluding hydrogens is 348 g/mol. The lowest BCUT2D eigenvalue weighted by molar-refractivity contribution is 0.319. The fourth-order valence-electron chi connectivity index (χ4n) is 2.67. The van der Waals surface area contributed by atoms with Gasteiger partial charge in [-0.2, -0.15) is 4.98 Å². The quantitative estimate of drug-likeness (QED) is 0.671. The van der Waals surface area contributed by atoms with Gasteiger partial charge in [0, 0.05) is 11.2 Å². The Morgan fingerprint density at radius 2 is 1.81 bits per heavy atom. The zero-order valence-electron chi connectivity index (χ0n) is 14.5. The van der Waals surface area contributed by atoms with Gasteiger partial charge in [-0.15, -0.1) is 0 Å². The highest BCUT2D eigenvalue weighted by molar-refractivity contribution is 6.30. The first-order chi connectivity index (χ1) is 12.6. The number of nitrogens with zero attached hydrogens (tertiary/aromatic N) is 3. The normalized spacial score (nSPS) is 11.8. The van der Waals surface area contributed by atoms with Crippen LogP contribution in [0.3, 0.4) is 0 Å². The third kappa shape index (κ3) is 4.64. The van der Waals surface area contributed by atoms with E-state index in [1.165, 1.54) is 0 Å². The van der Waals surface area contributed by atoms with Crippen LogP contribution in [0.2, 0.25) is 5.02 Å². The van der Waals surface area contributed by atoms with Gasteiger partial charge in [0.1, 0.15) is 18.2 Å². The minimum atomic E-state index is 0.0356. The van der Waals surface area contributed by atoms with Gasteiger partial charge in [-0.1, -0.05) is 41.9 Å². The fourth-order valence-corrected chi connectivity index (χ4v) is 2.79. The summed E-state index contributed by atoms with van der Waals surface area (Å²) in [5, 5.41) is 0.708. The SMILES string of the molecule is CC(c1ccc(Cl)cc1)N(CCOc1ccccc1)c1nccc(N)n1. The maximum Gasteiger partial charge on any atom is 0.227 e. The van der Waals surface area contributed by atoms with Crippen molar-refractivity contribution >= 4 is 23.4 Å². The Labute approximate surface area is 158 Å². The zero-order valence-corrected chi connectivity index (χ0v) is 15.3. The van der Waals surface area contributed by atoms with Gasteiger partial charge in [0.2, 0.25) is 5.95 Å². The Balaban J connectivity index is 1.78. The fraction of sp³-hybridized carbons (Fsp3) is 0.200. The lowest BCUT2D eigenvalue weighted by Gasteiger charge is -2.29. The van der Waals surface area contributed by atoms with Gasteiger partial charge in [-0.25, -0.2) is 4.98 Å².